The number of likely N-dealkylation sites (tertiary alicyclic amines) is 1. The molecule has 32 heavy (non-hydrogen) atoms. The maximum atomic E-state index is 14.5. The summed E-state index contributed by atoms with van der Waals surface area (Å²) in [4.78, 5) is 10.9. The Kier molecular flexibility index (Phi) is 6.23. The summed E-state index contributed by atoms with van der Waals surface area (Å²) in [6.07, 6.45) is 5.79. The van der Waals surface area contributed by atoms with E-state index in [0.29, 0.717) is 35.3 Å². The molecule has 0 radical (unpaired) electrons. The van der Waals surface area contributed by atoms with Crippen molar-refractivity contribution in [1.82, 2.24) is 14.9 Å². The topological polar surface area (TPSA) is 59.5 Å². The van der Waals surface area contributed by atoms with E-state index >= 15 is 0 Å². The van der Waals surface area contributed by atoms with E-state index in [-0.39, 0.29) is 5.82 Å². The van der Waals surface area contributed by atoms with Crippen LogP contribution in [0.3, 0.4) is 0 Å². The molecular weight excluding hydrogens is 427 g/mol. The Balaban J connectivity index is 1.65. The van der Waals surface area contributed by atoms with Gasteiger partial charge in [0.2, 0.25) is 0 Å². The number of hydrogen-bond acceptors (Lipinski definition) is 5. The second kappa shape index (κ2) is 9.08. The Morgan fingerprint density at radius 2 is 2.00 bits per heavy atom. The number of hydrogen-bond donors (Lipinski definition) is 1. The molecule has 1 saturated heterocycles. The summed E-state index contributed by atoms with van der Waals surface area (Å²) in [6, 6.07) is 10.9. The predicted molar refractivity (Wildman–Crippen MR) is 126 cm³/mol. The Morgan fingerprint density at radius 3 is 2.69 bits per heavy atom. The third-order valence-corrected chi connectivity index (χ3v) is 6.34. The van der Waals surface area contributed by atoms with E-state index in [1.54, 1.807) is 45.8 Å². The lowest BCUT2D eigenvalue weighted by Gasteiger charge is -2.30. The van der Waals surface area contributed by atoms with Gasteiger partial charge in [-0.25, -0.2) is 4.39 Å². The van der Waals surface area contributed by atoms with Gasteiger partial charge in [-0.2, -0.15) is 0 Å². The zero-order valence-corrected chi connectivity index (χ0v) is 19.1. The number of aryl methyl sites for hydroxylation is 1. The molecule has 1 N–H and O–H groups in total. The molecule has 1 aromatic heterocycles. The van der Waals surface area contributed by atoms with Gasteiger partial charge in [0.15, 0.2) is 5.11 Å². The molecule has 0 bridgehead atoms. The Morgan fingerprint density at radius 1 is 1.16 bits per heavy atom. The fourth-order valence-electron chi connectivity index (χ4n) is 4.12. The standard InChI is InChI=1S/C24H25FN4O2S/c1-16-4-5-17(12-19(16)25)24(22-14-26-9-10-27-22)8-11-29(15-24)23(32)28-20-13-18(30-2)6-7-21(20)31-3/h4-7,9-10,12-14H,8,11,15H2,1-3H3,(H,28,32). The molecule has 1 fully saturated rings. The van der Waals surface area contributed by atoms with E-state index in [9.17, 15) is 4.39 Å². The minimum absolute atomic E-state index is 0.231. The number of thiocarbonyl (C=S) groups is 1. The van der Waals surface area contributed by atoms with Crippen molar-refractivity contribution < 1.29 is 13.9 Å². The quantitative estimate of drug-likeness (QED) is 0.578. The van der Waals surface area contributed by atoms with Crippen molar-refractivity contribution in [3.8, 4) is 11.5 Å². The normalized spacial score (nSPS) is 17.8. The first-order valence-electron chi connectivity index (χ1n) is 10.3. The summed E-state index contributed by atoms with van der Waals surface area (Å²) in [5.41, 5.74) is 2.47. The molecule has 6 nitrogen and oxygen atoms in total. The van der Waals surface area contributed by atoms with Gasteiger partial charge in [0.05, 0.1) is 31.0 Å². The number of rotatable bonds is 5. The van der Waals surface area contributed by atoms with Crippen LogP contribution in [0.1, 0.15) is 23.2 Å². The fourth-order valence-corrected chi connectivity index (χ4v) is 4.38. The summed E-state index contributed by atoms with van der Waals surface area (Å²) >= 11 is 5.74. The van der Waals surface area contributed by atoms with E-state index in [1.165, 1.54) is 0 Å². The maximum absolute atomic E-state index is 14.5. The molecule has 0 amide bonds. The molecule has 1 unspecified atom stereocenters. The SMILES string of the molecule is COc1ccc(OC)c(NC(=S)N2CCC(c3ccc(C)c(F)c3)(c3cnccn3)C2)c1. The van der Waals surface area contributed by atoms with E-state index in [0.717, 1.165) is 23.4 Å². The third-order valence-electron chi connectivity index (χ3n) is 5.98. The lowest BCUT2D eigenvalue weighted by molar-refractivity contribution is 0.404. The van der Waals surface area contributed by atoms with Crippen LogP contribution in [0, 0.1) is 12.7 Å². The highest BCUT2D eigenvalue weighted by Crippen LogP contribution is 2.40. The Hall–Kier alpha value is -3.26. The number of anilines is 1. The van der Waals surface area contributed by atoms with Crippen LogP contribution in [0.25, 0.3) is 0 Å². The van der Waals surface area contributed by atoms with Crippen LogP contribution in [0.15, 0.2) is 55.0 Å². The van der Waals surface area contributed by atoms with E-state index in [4.69, 9.17) is 21.7 Å². The van der Waals surface area contributed by atoms with Gasteiger partial charge in [0.25, 0.3) is 0 Å². The molecule has 4 rings (SSSR count). The van der Waals surface area contributed by atoms with Crippen molar-refractivity contribution >= 4 is 23.0 Å². The highest BCUT2D eigenvalue weighted by molar-refractivity contribution is 7.80. The molecule has 0 aliphatic carbocycles. The molecule has 2 heterocycles. The molecule has 1 atom stereocenters. The summed E-state index contributed by atoms with van der Waals surface area (Å²) in [7, 11) is 3.22. The largest absolute Gasteiger partial charge is 0.497 e. The molecule has 0 saturated carbocycles. The van der Waals surface area contributed by atoms with Gasteiger partial charge in [0.1, 0.15) is 17.3 Å². The van der Waals surface area contributed by atoms with Crippen LogP contribution in [0.5, 0.6) is 11.5 Å². The second-order valence-corrected chi connectivity index (χ2v) is 8.19. The maximum Gasteiger partial charge on any atom is 0.173 e. The van der Waals surface area contributed by atoms with E-state index in [2.05, 4.69) is 20.2 Å². The third kappa shape index (κ3) is 4.10. The van der Waals surface area contributed by atoms with E-state index in [1.807, 2.05) is 30.3 Å². The number of aromatic nitrogens is 2. The van der Waals surface area contributed by atoms with E-state index < -0.39 is 5.41 Å². The number of halogens is 1. The van der Waals surface area contributed by atoms with Crippen molar-refractivity contribution in [2.75, 3.05) is 32.6 Å². The average molecular weight is 453 g/mol. The molecule has 166 valence electrons. The summed E-state index contributed by atoms with van der Waals surface area (Å²) < 4.78 is 25.3. The zero-order valence-electron chi connectivity index (χ0n) is 18.3. The van der Waals surface area contributed by atoms with Crippen molar-refractivity contribution in [2.24, 2.45) is 0 Å². The van der Waals surface area contributed by atoms with Crippen LogP contribution in [0.4, 0.5) is 10.1 Å². The summed E-state index contributed by atoms with van der Waals surface area (Å²) in [5, 5.41) is 3.83. The number of methoxy groups -OCH3 is 2. The Bertz CT molecular complexity index is 1130. The number of benzene rings is 2. The lowest BCUT2D eigenvalue weighted by atomic mass is 9.76. The minimum Gasteiger partial charge on any atom is -0.497 e. The number of nitrogens with zero attached hydrogens (tertiary/aromatic N) is 3. The predicted octanol–water partition coefficient (Wildman–Crippen LogP) is 4.33. The molecule has 2 aromatic carbocycles. The van der Waals surface area contributed by atoms with Gasteiger partial charge in [-0.05, 0) is 54.9 Å². The molecule has 1 aliphatic rings. The van der Waals surface area contributed by atoms with Crippen LogP contribution in [-0.2, 0) is 5.41 Å². The van der Waals surface area contributed by atoms with Crippen LogP contribution in [0.2, 0.25) is 0 Å². The van der Waals surface area contributed by atoms with Crippen molar-refractivity contribution in [3.63, 3.8) is 0 Å². The summed E-state index contributed by atoms with van der Waals surface area (Å²) in [5.74, 6) is 1.13. The first-order chi connectivity index (χ1) is 15.5. The van der Waals surface area contributed by atoms with Crippen molar-refractivity contribution in [1.29, 1.82) is 0 Å². The lowest BCUT2D eigenvalue weighted by Crippen LogP contribution is -2.38. The van der Waals surface area contributed by atoms with Gasteiger partial charge in [-0.1, -0.05) is 12.1 Å². The Labute approximate surface area is 192 Å². The smallest absolute Gasteiger partial charge is 0.173 e. The highest BCUT2D eigenvalue weighted by Gasteiger charge is 2.43. The van der Waals surface area contributed by atoms with Gasteiger partial charge in [0, 0.05) is 37.7 Å². The first kappa shape index (κ1) is 22.0. The first-order valence-corrected chi connectivity index (χ1v) is 10.7. The molecule has 8 heteroatoms. The summed E-state index contributed by atoms with van der Waals surface area (Å²) in [6.45, 7) is 2.99. The fraction of sp³-hybridized carbons (Fsp3) is 0.292. The molecule has 3 aromatic rings. The highest BCUT2D eigenvalue weighted by atomic mass is 32.1. The minimum atomic E-state index is -0.521. The van der Waals surface area contributed by atoms with Gasteiger partial charge < -0.3 is 19.7 Å². The van der Waals surface area contributed by atoms with Crippen molar-refractivity contribution in [3.05, 3.63) is 77.6 Å². The molecule has 1 aliphatic heterocycles. The van der Waals surface area contributed by atoms with Crippen molar-refractivity contribution in [2.45, 2.75) is 18.8 Å². The zero-order chi connectivity index (χ0) is 22.7. The van der Waals surface area contributed by atoms with Crippen LogP contribution < -0.4 is 14.8 Å². The van der Waals surface area contributed by atoms with Gasteiger partial charge >= 0.3 is 0 Å². The van der Waals surface area contributed by atoms with Gasteiger partial charge in [-0.15, -0.1) is 0 Å². The molecular formula is C24H25FN4O2S. The number of nitrogens with one attached hydrogen (secondary N) is 1. The van der Waals surface area contributed by atoms with Crippen LogP contribution in [-0.4, -0.2) is 47.3 Å². The van der Waals surface area contributed by atoms with Crippen LogP contribution >= 0.6 is 12.2 Å². The van der Waals surface area contributed by atoms with Gasteiger partial charge in [-0.3, -0.25) is 9.97 Å². The monoisotopic (exact) mass is 452 g/mol. The average Bonchev–Trinajstić information content (AvgIpc) is 3.28. The number of ether oxygens (including phenoxy) is 2. The second-order valence-electron chi connectivity index (χ2n) is 7.80. The molecule has 0 spiro atoms.